The number of hydrogen-bond acceptors (Lipinski definition) is 30. The molecule has 0 heterocycles. The van der Waals surface area contributed by atoms with Crippen molar-refractivity contribution in [2.24, 2.45) is 28.9 Å². The Kier molecular flexibility index (Phi) is 50.0. The number of rotatable bonds is 40. The molecule has 20 N–H and O–H groups in total. The van der Waals surface area contributed by atoms with Gasteiger partial charge in [0, 0.05) is 54.8 Å². The number of ketones is 4. The van der Waals surface area contributed by atoms with E-state index in [4.69, 9.17) is 112 Å². The fraction of sp³-hybridized carbons (Fsp3) is 0.269. The number of carbonyl (C=O) groups excluding carboxylic acids is 8. The predicted octanol–water partition coefficient (Wildman–Crippen LogP) is 10.0. The van der Waals surface area contributed by atoms with Gasteiger partial charge in [-0.15, -0.1) is 0 Å². The first-order valence-electron chi connectivity index (χ1n) is 39.6. The normalized spacial score (nSPS) is 10.5. The molecular weight excluding hydrogens is 1640 g/mol. The third-order valence-electron chi connectivity index (χ3n) is 17.2. The van der Waals surface area contributed by atoms with E-state index in [1.807, 2.05) is 147 Å². The third kappa shape index (κ3) is 42.6. The lowest BCUT2D eigenvalue weighted by Gasteiger charge is -2.14. The van der Waals surface area contributed by atoms with Crippen molar-refractivity contribution in [1.82, 2.24) is 21.5 Å². The molecule has 0 bridgehead atoms. The van der Waals surface area contributed by atoms with Gasteiger partial charge in [0.15, 0.2) is 23.1 Å². The molecule has 10 rings (SSSR count). The maximum absolute atomic E-state index is 11.8. The Labute approximate surface area is 739 Å². The number of benzene rings is 10. The van der Waals surface area contributed by atoms with Crippen molar-refractivity contribution in [2.45, 2.75) is 74.0 Å². The predicted molar refractivity (Wildman–Crippen MR) is 482 cm³/mol. The van der Waals surface area contributed by atoms with Gasteiger partial charge in [0.25, 0.3) is 23.6 Å². The molecule has 10 aromatic rings. The number of amides is 4. The smallest absolute Gasteiger partial charge is 0.268 e. The van der Waals surface area contributed by atoms with E-state index in [-0.39, 0.29) is 127 Å². The number of Topliss-reactive ketones (excluding diaryl/α,β-unsaturated/α-hetero) is 4. The van der Waals surface area contributed by atoms with Crippen molar-refractivity contribution >= 4 is 63.8 Å². The van der Waals surface area contributed by atoms with Crippen LogP contribution in [0.4, 0.5) is 17.1 Å². The fourth-order valence-corrected chi connectivity index (χ4v) is 9.57. The van der Waals surface area contributed by atoms with Gasteiger partial charge in [-0.25, -0.2) is 11.7 Å². The van der Waals surface area contributed by atoms with Crippen LogP contribution in [0.25, 0.3) is 0 Å². The molecule has 34 nitrogen and oxygen atoms in total. The van der Waals surface area contributed by atoms with Crippen LogP contribution in [0.3, 0.4) is 0 Å². The fourth-order valence-electron chi connectivity index (χ4n) is 9.57. The summed E-state index contributed by atoms with van der Waals surface area (Å²) in [6.45, 7) is 15.1. The summed E-state index contributed by atoms with van der Waals surface area (Å²) in [6, 6.07) is 68.3. The monoisotopic (exact) mass is 1750 g/mol. The molecule has 0 aromatic heterocycles. The van der Waals surface area contributed by atoms with Crippen LogP contribution >= 0.6 is 0 Å². The molecule has 34 heteroatoms. The van der Waals surface area contributed by atoms with E-state index in [0.29, 0.717) is 57.5 Å². The number of nitrogens with one attached hydrogen (secondary N) is 4. The minimum absolute atomic E-state index is 0.00174. The van der Waals surface area contributed by atoms with E-state index in [0.717, 1.165) is 51.2 Å². The van der Waals surface area contributed by atoms with Gasteiger partial charge < -0.3 is 111 Å². The lowest BCUT2D eigenvalue weighted by molar-refractivity contribution is -0.151. The number of ether oxygens (including phenoxy) is 14. The van der Waals surface area contributed by atoms with Crippen LogP contribution in [0.1, 0.15) is 96.4 Å². The maximum Gasteiger partial charge on any atom is 0.268 e. The molecule has 0 saturated heterocycles. The number of hydrogen-bond donors (Lipinski definition) is 12. The lowest BCUT2D eigenvalue weighted by atomic mass is 10.1. The number of nitrogens with two attached hydrogens (primary N) is 8. The molecule has 0 aliphatic carbocycles. The Bertz CT molecular complexity index is 4670. The molecule has 0 saturated carbocycles. The molecule has 0 aliphatic heterocycles. The van der Waals surface area contributed by atoms with Crippen LogP contribution < -0.4 is 115 Å². The molecule has 0 fully saturated rings. The largest absolute Gasteiger partial charge is 0.458 e. The molecule has 0 spiro atoms. The average molecular weight is 1750 g/mol. The first kappa shape index (κ1) is 105. The zero-order valence-corrected chi connectivity index (χ0v) is 72.9. The Hall–Kier alpha value is -14.2. The summed E-state index contributed by atoms with van der Waals surface area (Å²) in [5, 5.41) is 5.08. The highest BCUT2D eigenvalue weighted by Gasteiger charge is 2.17. The first-order valence-corrected chi connectivity index (χ1v) is 39.6. The van der Waals surface area contributed by atoms with E-state index in [2.05, 4.69) is 24.5 Å². The van der Waals surface area contributed by atoms with Gasteiger partial charge in [-0.05, 0) is 235 Å². The SMILES string of the molecule is CC(OCOC(C)C(=O)CN)C(=O)CN.CCC(=O)COCOCC(=O)CN.CNC(=O)c1ccc(OCOc2ccc(C(=O)NN)cc2)cc1.CNC(=O)c1ccccc1OCOc1ccccc1C(=O)NN.Cc1ccc(OCOc2ccc(N)c(C)c2)cc1C.Cc1ccc(OCOc2ccc(N)cc2)cc1.Cc1cccc(OCOc2cccc(N)c2)c1. The molecule has 10 aromatic carbocycles. The number of anilines is 3. The summed E-state index contributed by atoms with van der Waals surface area (Å²) in [6.07, 6.45) is -0.785. The summed E-state index contributed by atoms with van der Waals surface area (Å²) in [5.41, 5.74) is 46.0. The summed E-state index contributed by atoms with van der Waals surface area (Å²) in [4.78, 5) is 89.3. The highest BCUT2D eigenvalue weighted by Crippen LogP contribution is 2.25. The molecule has 0 radical (unpaired) electrons. The number of aryl methyl sites for hydroxylation is 5. The minimum Gasteiger partial charge on any atom is -0.458 e. The van der Waals surface area contributed by atoms with Gasteiger partial charge in [0.2, 0.25) is 34.0 Å². The van der Waals surface area contributed by atoms with E-state index in [9.17, 15) is 38.4 Å². The Morgan fingerprint density at radius 1 is 0.331 bits per heavy atom. The van der Waals surface area contributed by atoms with Crippen LogP contribution in [-0.2, 0) is 38.1 Å². The van der Waals surface area contributed by atoms with Crippen molar-refractivity contribution in [3.63, 3.8) is 0 Å². The van der Waals surface area contributed by atoms with Crippen LogP contribution in [0.15, 0.2) is 231 Å². The van der Waals surface area contributed by atoms with Gasteiger partial charge in [-0.3, -0.25) is 49.2 Å². The van der Waals surface area contributed by atoms with E-state index < -0.39 is 18.1 Å². The van der Waals surface area contributed by atoms with Crippen LogP contribution in [-0.4, -0.2) is 153 Å². The topological polar surface area (TPSA) is 522 Å². The highest BCUT2D eigenvalue weighted by atomic mass is 16.7. The van der Waals surface area contributed by atoms with Gasteiger partial charge >= 0.3 is 0 Å². The zero-order valence-electron chi connectivity index (χ0n) is 72.9. The van der Waals surface area contributed by atoms with Crippen LogP contribution in [0.5, 0.6) is 57.5 Å². The number of nitrogen functional groups attached to an aromatic ring is 5. The van der Waals surface area contributed by atoms with Gasteiger partial charge in [0.1, 0.15) is 96.5 Å². The van der Waals surface area contributed by atoms with Gasteiger partial charge in [-0.1, -0.05) is 73.2 Å². The second kappa shape index (κ2) is 60.4. The van der Waals surface area contributed by atoms with Crippen molar-refractivity contribution in [3.05, 3.63) is 281 Å². The van der Waals surface area contributed by atoms with Crippen molar-refractivity contribution in [1.29, 1.82) is 0 Å². The first-order chi connectivity index (χ1) is 61.1. The molecule has 680 valence electrons. The molecule has 0 aliphatic rings. The van der Waals surface area contributed by atoms with E-state index in [1.165, 1.54) is 23.7 Å². The summed E-state index contributed by atoms with van der Waals surface area (Å²) in [7, 11) is 3.11. The van der Waals surface area contributed by atoms with Crippen molar-refractivity contribution < 1.29 is 105 Å². The molecule has 2 atom stereocenters. The molecule has 2 unspecified atom stereocenters. The lowest BCUT2D eigenvalue weighted by Crippen LogP contribution is -2.32. The number of para-hydroxylation sites is 2. The quantitative estimate of drug-likeness (QED) is 0.00424. The van der Waals surface area contributed by atoms with Crippen molar-refractivity contribution in [3.8, 4) is 57.5 Å². The number of hydrazine groups is 2. The molecule has 4 amide bonds. The van der Waals surface area contributed by atoms with Gasteiger partial charge in [0.05, 0.1) is 30.8 Å². The maximum atomic E-state index is 11.8. The summed E-state index contributed by atoms with van der Waals surface area (Å²) < 4.78 is 74.3. The highest BCUT2D eigenvalue weighted by molar-refractivity contribution is 5.97. The number of carbonyl (C=O) groups is 8. The Morgan fingerprint density at radius 2 is 0.724 bits per heavy atom. The molecule has 127 heavy (non-hydrogen) atoms. The Morgan fingerprint density at radius 3 is 1.16 bits per heavy atom. The minimum atomic E-state index is -0.616. The zero-order chi connectivity index (χ0) is 93.3. The molecular formula is C93H116N12O22. The second-order valence-electron chi connectivity index (χ2n) is 26.7. The average Bonchev–Trinajstić information content (AvgIpc) is 0.853. The van der Waals surface area contributed by atoms with Crippen LogP contribution in [0, 0.1) is 34.6 Å². The standard InChI is InChI=1S/2C16H17N3O4.C16H19NO2.2C14H15NO2.C9H18N2O4.C8H15NO4/c1-18-15(20)11-2-6-13(7-3-11)22-10-23-14-8-4-12(5-9-14)16(21)19-17;1-18-15(20)11-6-2-4-8-13(11)22-10-23-14-9-5-3-7-12(14)16(21)19-17;1-11-4-5-14(8-12(11)2)18-10-19-15-6-7-16(17)13(3)9-15;1-11-2-6-13(7-3-11)16-10-17-14-8-4-12(15)5-9-14;1-11-4-2-6-13(8-11)16-10-17-14-7-3-5-12(15)9-14;1-6(8(12)3-10)14-5-15-7(2)9(13)4-11;1-2-7(10)4-12-6-13-5-8(11)3-9/h2*2-9H,10,17H2,1H3,(H,18,20)(H,19,21);4-9H,10,17H2,1-3H3;2*2-9H,10,15H2,1H3;6-7H,3-5,10-11H2,1-2H3;2-6,9H2,1H3. The third-order valence-corrected chi connectivity index (χ3v) is 17.2. The van der Waals surface area contributed by atoms with Crippen LogP contribution in [0.2, 0.25) is 0 Å². The summed E-state index contributed by atoms with van der Waals surface area (Å²) >= 11 is 0. The van der Waals surface area contributed by atoms with Gasteiger partial charge in [-0.2, -0.15) is 0 Å². The van der Waals surface area contributed by atoms with Crippen molar-refractivity contribution in [2.75, 3.05) is 112 Å². The Balaban J connectivity index is 0.000000313. The summed E-state index contributed by atoms with van der Waals surface area (Å²) in [5.74, 6) is 14.8. The van der Waals surface area contributed by atoms with E-state index in [1.54, 1.807) is 143 Å². The van der Waals surface area contributed by atoms with E-state index >= 15 is 0 Å². The second-order valence-corrected chi connectivity index (χ2v) is 26.7.